The lowest BCUT2D eigenvalue weighted by Crippen LogP contribution is -2.41. The molecule has 1 N–H and O–H groups in total. The summed E-state index contributed by atoms with van der Waals surface area (Å²) >= 11 is 0. The van der Waals surface area contributed by atoms with E-state index in [9.17, 15) is 0 Å². The van der Waals surface area contributed by atoms with Crippen molar-refractivity contribution < 1.29 is 0 Å². The summed E-state index contributed by atoms with van der Waals surface area (Å²) in [6, 6.07) is 6.67. The van der Waals surface area contributed by atoms with E-state index in [0.29, 0.717) is 0 Å². The lowest BCUT2D eigenvalue weighted by atomic mass is 10.0. The normalized spacial score (nSPS) is 19.2. The molecule has 21 heavy (non-hydrogen) atoms. The van der Waals surface area contributed by atoms with Gasteiger partial charge in [-0.3, -0.25) is 4.78 Å². The second-order valence-corrected chi connectivity index (χ2v) is 8.45. The Morgan fingerprint density at radius 1 is 1.29 bits per heavy atom. The highest BCUT2D eigenvalue weighted by atomic mass is 32.2. The summed E-state index contributed by atoms with van der Waals surface area (Å²) in [5, 5.41) is 1.37. The van der Waals surface area contributed by atoms with E-state index in [2.05, 4.69) is 61.8 Å². The maximum Gasteiger partial charge on any atom is 0.0484 e. The maximum atomic E-state index is 8.25. The number of nitrogens with zero attached hydrogens (tertiary/aromatic N) is 2. The van der Waals surface area contributed by atoms with Gasteiger partial charge in [0.25, 0.3) is 0 Å². The van der Waals surface area contributed by atoms with Crippen LogP contribution in [0.4, 0.5) is 0 Å². The molecule has 1 aromatic carbocycles. The number of hydrogen-bond donors (Lipinski definition) is 1. The molecule has 2 heterocycles. The van der Waals surface area contributed by atoms with Gasteiger partial charge in [0.1, 0.15) is 0 Å². The zero-order chi connectivity index (χ0) is 15.2. The van der Waals surface area contributed by atoms with Crippen molar-refractivity contribution in [2.45, 2.75) is 43.7 Å². The monoisotopic (exact) mass is 303 g/mol. The van der Waals surface area contributed by atoms with E-state index in [4.69, 9.17) is 4.78 Å². The van der Waals surface area contributed by atoms with Crippen LogP contribution in [0, 0.1) is 4.78 Å². The molecule has 0 fully saturated rings. The largest absolute Gasteiger partial charge is 0.346 e. The molecule has 0 radical (unpaired) electrons. The minimum Gasteiger partial charge on any atom is -0.346 e. The Bertz CT molecular complexity index is 697. The molecule has 0 aliphatic carbocycles. The third-order valence-electron chi connectivity index (χ3n) is 4.83. The summed E-state index contributed by atoms with van der Waals surface area (Å²) in [5.74, 6) is 1.03. The molecule has 1 atom stereocenters. The molecule has 1 aliphatic heterocycles. The van der Waals surface area contributed by atoms with Gasteiger partial charge in [0.15, 0.2) is 0 Å². The standard InChI is InChI=1S/C17H25N3S/c1-17(2,19(3)4)12-20-10-9-13-14-6-5-11-21(18)16(14)8-7-15(13)20/h7-10,18H,5-6,11-12H2,1-4H3. The van der Waals surface area contributed by atoms with Gasteiger partial charge in [0.05, 0.1) is 0 Å². The lowest BCUT2D eigenvalue weighted by molar-refractivity contribution is 0.171. The smallest absolute Gasteiger partial charge is 0.0484 e. The van der Waals surface area contributed by atoms with E-state index in [-0.39, 0.29) is 16.2 Å². The third kappa shape index (κ3) is 2.55. The van der Waals surface area contributed by atoms with Gasteiger partial charge in [-0.15, -0.1) is 0 Å². The minimum absolute atomic E-state index is 0.127. The number of aromatic nitrogens is 1. The Kier molecular flexibility index (Phi) is 3.70. The molecule has 3 rings (SSSR count). The average molecular weight is 303 g/mol. The van der Waals surface area contributed by atoms with E-state index < -0.39 is 0 Å². The second kappa shape index (κ2) is 5.25. The molecular formula is C17H25N3S. The number of fused-ring (bicyclic) bond motifs is 3. The van der Waals surface area contributed by atoms with Crippen LogP contribution in [0.15, 0.2) is 29.3 Å². The Morgan fingerprint density at radius 3 is 2.76 bits per heavy atom. The average Bonchev–Trinajstić information content (AvgIpc) is 2.82. The summed E-state index contributed by atoms with van der Waals surface area (Å²) in [7, 11) is 3.97. The van der Waals surface area contributed by atoms with Crippen LogP contribution in [0.5, 0.6) is 0 Å². The van der Waals surface area contributed by atoms with Gasteiger partial charge in [-0.05, 0) is 64.5 Å². The van der Waals surface area contributed by atoms with E-state index >= 15 is 0 Å². The van der Waals surface area contributed by atoms with Crippen LogP contribution < -0.4 is 0 Å². The predicted octanol–water partition coefficient (Wildman–Crippen LogP) is 3.67. The molecule has 0 bridgehead atoms. The lowest BCUT2D eigenvalue weighted by Gasteiger charge is -2.33. The number of benzene rings is 1. The van der Waals surface area contributed by atoms with Gasteiger partial charge >= 0.3 is 0 Å². The summed E-state index contributed by atoms with van der Waals surface area (Å²) in [4.78, 5) is 3.55. The molecular weight excluding hydrogens is 278 g/mol. The van der Waals surface area contributed by atoms with Gasteiger partial charge in [0, 0.05) is 39.8 Å². The molecule has 0 spiro atoms. The Balaban J connectivity index is 2.06. The van der Waals surface area contributed by atoms with Gasteiger partial charge in [-0.2, -0.15) is 0 Å². The first kappa shape index (κ1) is 14.8. The predicted molar refractivity (Wildman–Crippen MR) is 91.2 cm³/mol. The van der Waals surface area contributed by atoms with Crippen molar-refractivity contribution in [2.75, 3.05) is 19.8 Å². The molecule has 3 nitrogen and oxygen atoms in total. The fourth-order valence-electron chi connectivity index (χ4n) is 3.00. The Morgan fingerprint density at radius 2 is 2.05 bits per heavy atom. The molecule has 0 saturated heterocycles. The molecule has 2 aromatic rings. The van der Waals surface area contributed by atoms with E-state index in [0.717, 1.165) is 25.1 Å². The van der Waals surface area contributed by atoms with Gasteiger partial charge in [-0.1, -0.05) is 10.7 Å². The first-order valence-corrected chi connectivity index (χ1v) is 9.00. The van der Waals surface area contributed by atoms with Crippen LogP contribution in [0.25, 0.3) is 10.9 Å². The van der Waals surface area contributed by atoms with Crippen LogP contribution in [0.3, 0.4) is 0 Å². The van der Waals surface area contributed by atoms with Crippen molar-refractivity contribution in [2.24, 2.45) is 0 Å². The van der Waals surface area contributed by atoms with Crippen molar-refractivity contribution in [3.63, 3.8) is 0 Å². The fraction of sp³-hybridized carbons (Fsp3) is 0.529. The third-order valence-corrected chi connectivity index (χ3v) is 6.44. The highest BCUT2D eigenvalue weighted by Crippen LogP contribution is 2.31. The highest BCUT2D eigenvalue weighted by molar-refractivity contribution is 7.86. The molecule has 1 aliphatic rings. The summed E-state index contributed by atoms with van der Waals surface area (Å²) in [6.45, 7) is 5.53. The summed E-state index contributed by atoms with van der Waals surface area (Å²) in [5.41, 5.74) is 2.88. The van der Waals surface area contributed by atoms with Crippen molar-refractivity contribution >= 4 is 21.6 Å². The maximum absolute atomic E-state index is 8.25. The quantitative estimate of drug-likeness (QED) is 0.922. The number of rotatable bonds is 3. The summed E-state index contributed by atoms with van der Waals surface area (Å²) in [6.07, 6.45) is 4.51. The molecule has 114 valence electrons. The fourth-order valence-corrected chi connectivity index (χ4v) is 4.40. The number of aryl methyl sites for hydroxylation is 1. The zero-order valence-corrected chi connectivity index (χ0v) is 14.3. The summed E-state index contributed by atoms with van der Waals surface area (Å²) < 4.78 is 10.6. The van der Waals surface area contributed by atoms with Gasteiger partial charge in [-0.25, -0.2) is 0 Å². The van der Waals surface area contributed by atoms with Crippen molar-refractivity contribution in [3.05, 3.63) is 30.0 Å². The minimum atomic E-state index is -0.306. The number of likely N-dealkylation sites (N-methyl/N-ethyl adjacent to an activating group) is 1. The van der Waals surface area contributed by atoms with Crippen LogP contribution in [0.1, 0.15) is 25.8 Å². The van der Waals surface area contributed by atoms with E-state index in [1.54, 1.807) is 0 Å². The van der Waals surface area contributed by atoms with Crippen molar-refractivity contribution in [1.82, 2.24) is 9.47 Å². The zero-order valence-electron chi connectivity index (χ0n) is 13.4. The topological polar surface area (TPSA) is 32.0 Å². The van der Waals surface area contributed by atoms with Gasteiger partial charge in [0.2, 0.25) is 0 Å². The van der Waals surface area contributed by atoms with Gasteiger partial charge < -0.3 is 9.47 Å². The van der Waals surface area contributed by atoms with Crippen LogP contribution in [-0.2, 0) is 23.7 Å². The SMILES string of the molecule is CN(C)C(C)(C)Cn1ccc2c3c(ccc21)S(=N)CCC3. The molecule has 0 saturated carbocycles. The molecule has 1 aromatic heterocycles. The van der Waals surface area contributed by atoms with Crippen molar-refractivity contribution in [1.29, 1.82) is 4.78 Å². The molecule has 4 heteroatoms. The van der Waals surface area contributed by atoms with Crippen LogP contribution >= 0.6 is 0 Å². The van der Waals surface area contributed by atoms with Crippen LogP contribution in [0.2, 0.25) is 0 Å². The van der Waals surface area contributed by atoms with Crippen molar-refractivity contribution in [3.8, 4) is 0 Å². The van der Waals surface area contributed by atoms with Crippen LogP contribution in [-0.4, -0.2) is 34.9 Å². The first-order chi connectivity index (χ1) is 9.90. The number of hydrogen-bond acceptors (Lipinski definition) is 2. The van der Waals surface area contributed by atoms with E-state index in [1.165, 1.54) is 21.4 Å². The van der Waals surface area contributed by atoms with E-state index in [1.807, 2.05) is 0 Å². The Labute approximate surface area is 129 Å². The Hall–Kier alpha value is -1.13. The molecule has 0 amide bonds. The second-order valence-electron chi connectivity index (χ2n) is 6.82. The first-order valence-electron chi connectivity index (χ1n) is 7.60. The highest BCUT2D eigenvalue weighted by Gasteiger charge is 2.23. The number of nitrogens with one attached hydrogen (secondary N) is 1. The molecule has 1 unspecified atom stereocenters.